The van der Waals surface area contributed by atoms with E-state index in [1.807, 2.05) is 42.5 Å². The summed E-state index contributed by atoms with van der Waals surface area (Å²) in [6.45, 7) is 0. The third-order valence-electron chi connectivity index (χ3n) is 9.34. The molecule has 1 atom stereocenters. The highest BCUT2D eigenvalue weighted by Crippen LogP contribution is 2.40. The number of hydrogen-bond acceptors (Lipinski definition) is 5. The van der Waals surface area contributed by atoms with Gasteiger partial charge < -0.3 is 14.2 Å². The van der Waals surface area contributed by atoms with Crippen molar-refractivity contribution in [2.24, 2.45) is 9.98 Å². The molecule has 0 amide bonds. The summed E-state index contributed by atoms with van der Waals surface area (Å²) in [6.07, 6.45) is -0.346. The van der Waals surface area contributed by atoms with Crippen LogP contribution in [0.2, 0.25) is 0 Å². The summed E-state index contributed by atoms with van der Waals surface area (Å²) in [6, 6.07) is 52.2. The maximum Gasteiger partial charge on any atom is 0.160 e. The molecule has 0 fully saturated rings. The quantitative estimate of drug-likeness (QED) is 0.214. The maximum atomic E-state index is 6.43. The zero-order valence-corrected chi connectivity index (χ0v) is 25.7. The first kappa shape index (κ1) is 26.7. The highest BCUT2D eigenvalue weighted by atomic mass is 16.3. The predicted octanol–water partition coefficient (Wildman–Crippen LogP) is 10.8. The Bertz CT molecular complexity index is 2770. The van der Waals surface area contributed by atoms with E-state index in [1.54, 1.807) is 0 Å². The molecule has 3 heterocycles. The van der Waals surface area contributed by atoms with Gasteiger partial charge in [0.2, 0.25) is 0 Å². The molecule has 48 heavy (non-hydrogen) atoms. The monoisotopic (exact) mass is 617 g/mol. The number of nitrogens with one attached hydrogen (secondary N) is 1. The molecule has 9 aromatic rings. The normalized spacial score (nSPS) is 14.9. The lowest BCUT2D eigenvalue weighted by atomic mass is 9.93. The van der Waals surface area contributed by atoms with Crippen molar-refractivity contribution >= 4 is 66.3 Å². The van der Waals surface area contributed by atoms with E-state index in [2.05, 4.69) is 115 Å². The highest BCUT2D eigenvalue weighted by molar-refractivity contribution is 6.25. The van der Waals surface area contributed by atoms with E-state index >= 15 is 0 Å². The van der Waals surface area contributed by atoms with Gasteiger partial charge in [-0.3, -0.25) is 0 Å². The molecule has 10 rings (SSSR count). The minimum atomic E-state index is -0.346. The topological polar surface area (TPSA) is 63.0 Å². The van der Waals surface area contributed by atoms with Crippen LogP contribution in [0.1, 0.15) is 22.9 Å². The Kier molecular flexibility index (Phi) is 5.87. The van der Waals surface area contributed by atoms with Gasteiger partial charge in [0.15, 0.2) is 5.84 Å². The Hall–Kier alpha value is -6.46. The second-order valence-electron chi connectivity index (χ2n) is 12.2. The highest BCUT2D eigenvalue weighted by Gasteiger charge is 2.26. The summed E-state index contributed by atoms with van der Waals surface area (Å²) in [5.74, 6) is 1.42. The number of fused-ring (bicyclic) bond motifs is 7. The molecular formula is C43H27N3O2. The summed E-state index contributed by atoms with van der Waals surface area (Å²) in [5.41, 5.74) is 8.42. The van der Waals surface area contributed by atoms with Crippen molar-refractivity contribution in [3.63, 3.8) is 0 Å². The molecule has 5 nitrogen and oxygen atoms in total. The lowest BCUT2D eigenvalue weighted by molar-refractivity contribution is 0.668. The van der Waals surface area contributed by atoms with Gasteiger partial charge in [-0.05, 0) is 69.9 Å². The average molecular weight is 618 g/mol. The molecule has 1 aliphatic rings. The van der Waals surface area contributed by atoms with Crippen molar-refractivity contribution in [2.75, 3.05) is 0 Å². The smallest absolute Gasteiger partial charge is 0.160 e. The van der Waals surface area contributed by atoms with Crippen LogP contribution in [0.3, 0.4) is 0 Å². The van der Waals surface area contributed by atoms with Crippen LogP contribution >= 0.6 is 0 Å². The minimum absolute atomic E-state index is 0.346. The Morgan fingerprint density at radius 2 is 1.17 bits per heavy atom. The summed E-state index contributed by atoms with van der Waals surface area (Å²) in [7, 11) is 0. The summed E-state index contributed by atoms with van der Waals surface area (Å²) in [5, 5.41) is 10.2. The molecule has 0 bridgehead atoms. The molecule has 0 spiro atoms. The van der Waals surface area contributed by atoms with E-state index in [-0.39, 0.29) is 6.17 Å². The molecule has 2 aromatic heterocycles. The molecule has 7 aromatic carbocycles. The SMILES string of the molecule is c1ccc(C2N=C(c3c(-c4ccc5oc6ccccc6c5c4)ccc4oc5ccccc5c34)N=C(c3ccc4ccccc4c3)N2)cc1. The molecule has 0 radical (unpaired) electrons. The zero-order valence-electron chi connectivity index (χ0n) is 25.7. The average Bonchev–Trinajstić information content (AvgIpc) is 3.72. The Morgan fingerprint density at radius 3 is 2.04 bits per heavy atom. The van der Waals surface area contributed by atoms with Crippen LogP contribution in [0.4, 0.5) is 0 Å². The summed E-state index contributed by atoms with van der Waals surface area (Å²) in [4.78, 5) is 10.7. The number of benzene rings is 7. The number of nitrogens with zero attached hydrogens (tertiary/aromatic N) is 2. The molecule has 0 aliphatic carbocycles. The predicted molar refractivity (Wildman–Crippen MR) is 196 cm³/mol. The fourth-order valence-electron chi connectivity index (χ4n) is 7.03. The van der Waals surface area contributed by atoms with E-state index in [1.165, 1.54) is 5.39 Å². The van der Waals surface area contributed by atoms with Gasteiger partial charge in [-0.2, -0.15) is 0 Å². The molecule has 226 valence electrons. The van der Waals surface area contributed by atoms with Gasteiger partial charge in [0.05, 0.1) is 0 Å². The number of furan rings is 2. The number of para-hydroxylation sites is 2. The first-order valence-corrected chi connectivity index (χ1v) is 16.1. The van der Waals surface area contributed by atoms with Crippen LogP contribution in [0, 0.1) is 0 Å². The molecule has 1 N–H and O–H groups in total. The molecule has 5 heteroatoms. The number of amidine groups is 2. The first-order valence-electron chi connectivity index (χ1n) is 16.1. The first-order chi connectivity index (χ1) is 23.8. The van der Waals surface area contributed by atoms with Crippen LogP contribution < -0.4 is 5.32 Å². The van der Waals surface area contributed by atoms with Gasteiger partial charge in [0, 0.05) is 32.7 Å². The van der Waals surface area contributed by atoms with Crippen molar-refractivity contribution in [1.82, 2.24) is 5.32 Å². The lowest BCUT2D eigenvalue weighted by Gasteiger charge is -2.25. The third-order valence-corrected chi connectivity index (χ3v) is 9.34. The van der Waals surface area contributed by atoms with E-state index in [0.29, 0.717) is 5.84 Å². The molecular weight excluding hydrogens is 590 g/mol. The maximum absolute atomic E-state index is 6.43. The van der Waals surface area contributed by atoms with Crippen LogP contribution in [-0.4, -0.2) is 11.7 Å². The fraction of sp³-hybridized carbons (Fsp3) is 0.0233. The van der Waals surface area contributed by atoms with Crippen molar-refractivity contribution in [1.29, 1.82) is 0 Å². The van der Waals surface area contributed by atoms with E-state index in [4.69, 9.17) is 18.8 Å². The van der Waals surface area contributed by atoms with Gasteiger partial charge in [-0.15, -0.1) is 0 Å². The number of hydrogen-bond donors (Lipinski definition) is 1. The van der Waals surface area contributed by atoms with Crippen LogP contribution in [0.5, 0.6) is 0 Å². The number of rotatable bonds is 4. The Balaban J connectivity index is 1.26. The van der Waals surface area contributed by atoms with Crippen molar-refractivity contribution in [3.8, 4) is 11.1 Å². The van der Waals surface area contributed by atoms with Gasteiger partial charge >= 0.3 is 0 Å². The van der Waals surface area contributed by atoms with Crippen LogP contribution in [-0.2, 0) is 0 Å². The van der Waals surface area contributed by atoms with Crippen LogP contribution in [0.25, 0.3) is 65.8 Å². The standard InChI is InChI=1S/C43H27N3O2/c1-2-11-27(12-3-1)41-44-42(30-19-18-26-10-4-5-13-28(26)24-30)46-43(45-41)40-31(21-23-38-39(40)33-15-7-9-17-36(33)48-38)29-20-22-37-34(25-29)32-14-6-8-16-35(32)47-37/h1-25,41H,(H,44,45,46). The fourth-order valence-corrected chi connectivity index (χ4v) is 7.03. The van der Waals surface area contributed by atoms with Gasteiger partial charge in [0.25, 0.3) is 0 Å². The van der Waals surface area contributed by atoms with Crippen LogP contribution in [0.15, 0.2) is 170 Å². The largest absolute Gasteiger partial charge is 0.456 e. The zero-order chi connectivity index (χ0) is 31.6. The van der Waals surface area contributed by atoms with E-state index in [0.717, 1.165) is 82.9 Å². The lowest BCUT2D eigenvalue weighted by Crippen LogP contribution is -2.33. The van der Waals surface area contributed by atoms with Gasteiger partial charge in [0.1, 0.15) is 34.3 Å². The third kappa shape index (κ3) is 4.25. The molecule has 0 saturated heterocycles. The Labute approximate surface area is 275 Å². The second kappa shape index (κ2) is 10.5. The van der Waals surface area contributed by atoms with Crippen molar-refractivity contribution < 1.29 is 8.83 Å². The van der Waals surface area contributed by atoms with Crippen molar-refractivity contribution in [3.05, 3.63) is 168 Å². The molecule has 1 aliphatic heterocycles. The van der Waals surface area contributed by atoms with E-state index in [9.17, 15) is 0 Å². The van der Waals surface area contributed by atoms with E-state index < -0.39 is 0 Å². The van der Waals surface area contributed by atoms with Gasteiger partial charge in [-0.25, -0.2) is 9.98 Å². The van der Waals surface area contributed by atoms with Crippen molar-refractivity contribution in [2.45, 2.75) is 6.17 Å². The van der Waals surface area contributed by atoms with Gasteiger partial charge in [-0.1, -0.05) is 109 Å². The number of aliphatic imine (C=N–C) groups is 2. The molecule has 0 saturated carbocycles. The minimum Gasteiger partial charge on any atom is -0.456 e. The Morgan fingerprint density at radius 1 is 0.500 bits per heavy atom. The molecule has 1 unspecified atom stereocenters. The summed E-state index contributed by atoms with van der Waals surface area (Å²) < 4.78 is 12.6. The second-order valence-corrected chi connectivity index (χ2v) is 12.2. The summed E-state index contributed by atoms with van der Waals surface area (Å²) >= 11 is 0.